The summed E-state index contributed by atoms with van der Waals surface area (Å²) >= 11 is 3.66. The normalized spacial score (nSPS) is 23.3. The number of pyridine rings is 1. The molecule has 2 unspecified atom stereocenters. The van der Waals surface area contributed by atoms with Gasteiger partial charge in [-0.1, -0.05) is 15.9 Å². The molecular weight excluding hydrogens is 312 g/mol. The third kappa shape index (κ3) is 3.12. The first-order valence-electron chi connectivity index (χ1n) is 6.32. The second kappa shape index (κ2) is 5.96. The zero-order chi connectivity index (χ0) is 14.0. The number of aryl methyl sites for hydroxylation is 1. The van der Waals surface area contributed by atoms with Gasteiger partial charge in [0.25, 0.3) is 5.69 Å². The molecule has 0 spiro atoms. The van der Waals surface area contributed by atoms with Crippen LogP contribution in [0.3, 0.4) is 0 Å². The smallest absolute Gasteiger partial charge is 0.278 e. The van der Waals surface area contributed by atoms with Crippen LogP contribution in [-0.2, 0) is 11.2 Å². The van der Waals surface area contributed by atoms with E-state index in [9.17, 15) is 10.1 Å². The van der Waals surface area contributed by atoms with Crippen molar-refractivity contribution in [3.8, 4) is 0 Å². The average molecular weight is 329 g/mol. The van der Waals surface area contributed by atoms with Gasteiger partial charge in [0.2, 0.25) is 0 Å². The number of ether oxygens (including phenoxy) is 1. The summed E-state index contributed by atoms with van der Waals surface area (Å²) < 4.78 is 5.47. The lowest BCUT2D eigenvalue weighted by atomic mass is 9.94. The van der Waals surface area contributed by atoms with Crippen molar-refractivity contribution in [2.75, 3.05) is 13.2 Å². The van der Waals surface area contributed by atoms with E-state index in [1.54, 1.807) is 20.0 Å². The van der Waals surface area contributed by atoms with Crippen LogP contribution in [0.5, 0.6) is 0 Å². The van der Waals surface area contributed by atoms with E-state index in [4.69, 9.17) is 4.74 Å². The largest absolute Gasteiger partial charge is 0.381 e. The van der Waals surface area contributed by atoms with Crippen LogP contribution in [0.15, 0.2) is 6.20 Å². The topological polar surface area (TPSA) is 65.3 Å². The molecule has 1 aromatic rings. The number of alkyl halides is 1. The Morgan fingerprint density at radius 2 is 2.32 bits per heavy atom. The number of nitrogens with zero attached hydrogens (tertiary/aromatic N) is 2. The predicted octanol–water partition coefficient (Wildman–Crippen LogP) is 2.95. The van der Waals surface area contributed by atoms with Crippen molar-refractivity contribution in [2.24, 2.45) is 5.92 Å². The molecule has 0 saturated carbocycles. The van der Waals surface area contributed by atoms with E-state index >= 15 is 0 Å². The number of aromatic nitrogens is 1. The third-order valence-electron chi connectivity index (χ3n) is 3.60. The Hall–Kier alpha value is -1.01. The van der Waals surface area contributed by atoms with Gasteiger partial charge >= 0.3 is 0 Å². The molecule has 1 fully saturated rings. The van der Waals surface area contributed by atoms with Crippen LogP contribution in [0.1, 0.15) is 23.2 Å². The molecule has 0 bridgehead atoms. The molecule has 2 atom stereocenters. The zero-order valence-electron chi connectivity index (χ0n) is 11.1. The highest BCUT2D eigenvalue weighted by atomic mass is 79.9. The lowest BCUT2D eigenvalue weighted by molar-refractivity contribution is -0.386. The minimum atomic E-state index is -0.321. The SMILES string of the molecule is Cc1cnc(CC2COCCC2Br)c(C)c1[N+](=O)[O-]. The van der Waals surface area contributed by atoms with Crippen LogP contribution in [0.4, 0.5) is 5.69 Å². The standard InChI is InChI=1S/C13H17BrN2O3/c1-8-6-15-12(9(2)13(8)16(17)18)5-10-7-19-4-3-11(10)14/h6,10-11H,3-5,7H2,1-2H3. The molecule has 1 saturated heterocycles. The van der Waals surface area contributed by atoms with Crippen molar-refractivity contribution >= 4 is 21.6 Å². The minimum Gasteiger partial charge on any atom is -0.381 e. The van der Waals surface area contributed by atoms with E-state index in [1.165, 1.54) is 0 Å². The van der Waals surface area contributed by atoms with Crippen molar-refractivity contribution in [3.63, 3.8) is 0 Å². The molecule has 0 aliphatic carbocycles. The fourth-order valence-electron chi connectivity index (χ4n) is 2.46. The van der Waals surface area contributed by atoms with E-state index in [1.807, 2.05) is 0 Å². The Morgan fingerprint density at radius 3 is 2.95 bits per heavy atom. The first kappa shape index (κ1) is 14.4. The molecule has 0 aromatic carbocycles. The molecule has 1 aliphatic rings. The van der Waals surface area contributed by atoms with Gasteiger partial charge in [-0.05, 0) is 26.7 Å². The van der Waals surface area contributed by atoms with E-state index in [2.05, 4.69) is 20.9 Å². The van der Waals surface area contributed by atoms with Gasteiger partial charge in [-0.2, -0.15) is 0 Å². The van der Waals surface area contributed by atoms with E-state index in [0.717, 1.165) is 18.7 Å². The van der Waals surface area contributed by atoms with Gasteiger partial charge < -0.3 is 4.74 Å². The number of rotatable bonds is 3. The van der Waals surface area contributed by atoms with Crippen LogP contribution in [-0.4, -0.2) is 27.9 Å². The van der Waals surface area contributed by atoms with Gasteiger partial charge in [-0.3, -0.25) is 15.1 Å². The maximum Gasteiger partial charge on any atom is 0.278 e. The fraction of sp³-hybridized carbons (Fsp3) is 0.615. The summed E-state index contributed by atoms with van der Waals surface area (Å²) in [6, 6.07) is 0. The molecule has 0 amide bonds. The van der Waals surface area contributed by atoms with Crippen LogP contribution in [0.2, 0.25) is 0 Å². The maximum atomic E-state index is 11.1. The summed E-state index contributed by atoms with van der Waals surface area (Å²) in [5.74, 6) is 0.322. The van der Waals surface area contributed by atoms with Crippen LogP contribution in [0.25, 0.3) is 0 Å². The Labute approximate surface area is 120 Å². The Kier molecular flexibility index (Phi) is 4.52. The van der Waals surface area contributed by atoms with E-state index in [0.29, 0.717) is 34.9 Å². The zero-order valence-corrected chi connectivity index (χ0v) is 12.6. The molecule has 2 heterocycles. The number of hydrogen-bond donors (Lipinski definition) is 0. The molecule has 104 valence electrons. The fourth-order valence-corrected chi connectivity index (χ4v) is 2.98. The Balaban J connectivity index is 2.25. The second-order valence-electron chi connectivity index (χ2n) is 4.96. The monoisotopic (exact) mass is 328 g/mol. The summed E-state index contributed by atoms with van der Waals surface area (Å²) in [6.45, 7) is 4.95. The molecule has 2 rings (SSSR count). The van der Waals surface area contributed by atoms with Crippen molar-refractivity contribution in [1.29, 1.82) is 0 Å². The molecule has 5 nitrogen and oxygen atoms in total. The van der Waals surface area contributed by atoms with Crippen molar-refractivity contribution in [2.45, 2.75) is 31.5 Å². The number of nitro groups is 1. The van der Waals surface area contributed by atoms with Gasteiger partial charge in [0.15, 0.2) is 0 Å². The average Bonchev–Trinajstić information content (AvgIpc) is 2.35. The predicted molar refractivity (Wildman–Crippen MR) is 75.7 cm³/mol. The minimum absolute atomic E-state index is 0.188. The lowest BCUT2D eigenvalue weighted by Gasteiger charge is -2.27. The first-order chi connectivity index (χ1) is 9.00. The van der Waals surface area contributed by atoms with E-state index in [-0.39, 0.29) is 10.6 Å². The van der Waals surface area contributed by atoms with Gasteiger partial charge in [0.1, 0.15) is 0 Å². The summed E-state index contributed by atoms with van der Waals surface area (Å²) in [6.07, 6.45) is 3.27. The quantitative estimate of drug-likeness (QED) is 0.486. The Bertz CT molecular complexity index is 493. The molecule has 19 heavy (non-hydrogen) atoms. The van der Waals surface area contributed by atoms with Gasteiger partial charge in [-0.15, -0.1) is 0 Å². The lowest BCUT2D eigenvalue weighted by Crippen LogP contribution is -2.29. The summed E-state index contributed by atoms with van der Waals surface area (Å²) in [5, 5.41) is 11.1. The molecule has 1 aliphatic heterocycles. The van der Waals surface area contributed by atoms with E-state index < -0.39 is 0 Å². The van der Waals surface area contributed by atoms with Gasteiger partial charge in [0, 0.05) is 34.7 Å². The molecule has 1 aromatic heterocycles. The van der Waals surface area contributed by atoms with Crippen LogP contribution >= 0.6 is 15.9 Å². The highest BCUT2D eigenvalue weighted by Crippen LogP contribution is 2.29. The number of halogens is 1. The number of hydrogen-bond acceptors (Lipinski definition) is 4. The molecule has 6 heteroatoms. The molecular formula is C13H17BrN2O3. The van der Waals surface area contributed by atoms with Crippen molar-refractivity contribution in [1.82, 2.24) is 4.98 Å². The third-order valence-corrected chi connectivity index (χ3v) is 4.80. The van der Waals surface area contributed by atoms with Crippen LogP contribution < -0.4 is 0 Å². The van der Waals surface area contributed by atoms with Gasteiger partial charge in [-0.25, -0.2) is 0 Å². The summed E-state index contributed by atoms with van der Waals surface area (Å²) in [5.41, 5.74) is 2.28. The first-order valence-corrected chi connectivity index (χ1v) is 7.23. The van der Waals surface area contributed by atoms with Crippen molar-refractivity contribution in [3.05, 3.63) is 33.1 Å². The summed E-state index contributed by atoms with van der Waals surface area (Å²) in [4.78, 5) is 15.5. The highest BCUT2D eigenvalue weighted by Gasteiger charge is 2.27. The maximum absolute atomic E-state index is 11.1. The Morgan fingerprint density at radius 1 is 1.58 bits per heavy atom. The van der Waals surface area contributed by atoms with Crippen LogP contribution in [0, 0.1) is 29.9 Å². The second-order valence-corrected chi connectivity index (χ2v) is 6.14. The molecule has 0 N–H and O–H groups in total. The summed E-state index contributed by atoms with van der Waals surface area (Å²) in [7, 11) is 0. The van der Waals surface area contributed by atoms with Crippen molar-refractivity contribution < 1.29 is 9.66 Å². The van der Waals surface area contributed by atoms with Gasteiger partial charge in [0.05, 0.1) is 17.2 Å². The molecule has 0 radical (unpaired) electrons. The highest BCUT2D eigenvalue weighted by molar-refractivity contribution is 9.09.